The predicted molar refractivity (Wildman–Crippen MR) is 82.2 cm³/mol. The molecule has 0 fully saturated rings. The first-order valence-electron chi connectivity index (χ1n) is 5.30. The molecule has 0 saturated carbocycles. The van der Waals surface area contributed by atoms with E-state index in [4.69, 9.17) is 22.3 Å². The molecule has 0 aliphatic heterocycles. The second-order valence-corrected chi connectivity index (χ2v) is 9.77. The minimum Gasteiger partial charge on any atom is -0.255 e. The number of thiazole rings is 1. The summed E-state index contributed by atoms with van der Waals surface area (Å²) in [6.07, 6.45) is 0. The molecule has 0 unspecified atom stereocenters. The quantitative estimate of drug-likeness (QED) is 0.815. The van der Waals surface area contributed by atoms with E-state index in [-0.39, 0.29) is 19.9 Å². The van der Waals surface area contributed by atoms with E-state index >= 15 is 0 Å². The predicted octanol–water partition coefficient (Wildman–Crippen LogP) is 2.83. The van der Waals surface area contributed by atoms with Gasteiger partial charge in [-0.05, 0) is 31.2 Å². The molecule has 0 amide bonds. The van der Waals surface area contributed by atoms with E-state index in [1.165, 1.54) is 31.2 Å². The SMILES string of the molecule is Cc1nc(NS(=O)(=O)c2ccc(Cl)cc2)sc1S(=O)(=O)Cl. The van der Waals surface area contributed by atoms with Gasteiger partial charge in [0.15, 0.2) is 9.34 Å². The van der Waals surface area contributed by atoms with E-state index in [9.17, 15) is 16.8 Å². The van der Waals surface area contributed by atoms with E-state index in [0.29, 0.717) is 16.4 Å². The van der Waals surface area contributed by atoms with Crippen LogP contribution in [0, 0.1) is 6.92 Å². The number of nitrogens with one attached hydrogen (secondary N) is 1. The Morgan fingerprint density at radius 3 is 2.19 bits per heavy atom. The van der Waals surface area contributed by atoms with Crippen LogP contribution in [0.3, 0.4) is 0 Å². The summed E-state index contributed by atoms with van der Waals surface area (Å²) in [6, 6.07) is 5.50. The number of sulfonamides is 1. The van der Waals surface area contributed by atoms with Crippen LogP contribution in [0.5, 0.6) is 0 Å². The molecule has 2 aromatic rings. The van der Waals surface area contributed by atoms with Gasteiger partial charge in [-0.2, -0.15) is 0 Å². The van der Waals surface area contributed by atoms with Crippen molar-refractivity contribution in [2.24, 2.45) is 0 Å². The fraction of sp³-hybridized carbons (Fsp3) is 0.100. The van der Waals surface area contributed by atoms with Crippen LogP contribution >= 0.6 is 33.6 Å². The topological polar surface area (TPSA) is 93.2 Å². The van der Waals surface area contributed by atoms with Crippen molar-refractivity contribution in [3.8, 4) is 0 Å². The third kappa shape index (κ3) is 3.86. The summed E-state index contributed by atoms with van der Waals surface area (Å²) < 4.78 is 48.8. The Hall–Kier alpha value is -0.870. The molecule has 2 rings (SSSR count). The van der Waals surface area contributed by atoms with Crippen LogP contribution in [0.15, 0.2) is 33.4 Å². The molecule has 1 aromatic heterocycles. The monoisotopic (exact) mass is 386 g/mol. The second kappa shape index (κ2) is 5.73. The molecule has 0 saturated heterocycles. The molecule has 1 N–H and O–H groups in total. The zero-order valence-electron chi connectivity index (χ0n) is 10.4. The Morgan fingerprint density at radius 2 is 1.71 bits per heavy atom. The van der Waals surface area contributed by atoms with Crippen LogP contribution in [0.25, 0.3) is 0 Å². The van der Waals surface area contributed by atoms with Gasteiger partial charge in [0.1, 0.15) is 0 Å². The van der Waals surface area contributed by atoms with Gasteiger partial charge in [0.05, 0.1) is 10.6 Å². The molecule has 0 aliphatic rings. The highest BCUT2D eigenvalue weighted by molar-refractivity contribution is 8.15. The van der Waals surface area contributed by atoms with Crippen LogP contribution in [0.4, 0.5) is 5.13 Å². The lowest BCUT2D eigenvalue weighted by atomic mass is 10.4. The molecule has 0 atom stereocenters. The summed E-state index contributed by atoms with van der Waals surface area (Å²) in [5, 5.41) is 0.316. The standard InChI is InChI=1S/C10H8Cl2N2O4S3/c1-6-9(20(12,15)16)19-10(13-6)14-21(17,18)8-4-2-7(11)3-5-8/h2-5H,1H3,(H,13,14). The minimum absolute atomic E-state index is 0.0185. The molecule has 0 bridgehead atoms. The van der Waals surface area contributed by atoms with Gasteiger partial charge < -0.3 is 0 Å². The molecule has 6 nitrogen and oxygen atoms in total. The summed E-state index contributed by atoms with van der Waals surface area (Å²) in [4.78, 5) is 3.83. The summed E-state index contributed by atoms with van der Waals surface area (Å²) in [5.41, 5.74) is 0.129. The molecule has 0 aliphatic carbocycles. The van der Waals surface area contributed by atoms with Crippen LogP contribution in [-0.4, -0.2) is 21.8 Å². The molecule has 21 heavy (non-hydrogen) atoms. The lowest BCUT2D eigenvalue weighted by molar-refractivity contribution is 0.601. The highest BCUT2D eigenvalue weighted by Crippen LogP contribution is 2.31. The third-order valence-corrected chi connectivity index (χ3v) is 7.31. The number of benzene rings is 1. The van der Waals surface area contributed by atoms with Crippen LogP contribution in [-0.2, 0) is 19.1 Å². The minimum atomic E-state index is -3.96. The fourth-order valence-electron chi connectivity index (χ4n) is 1.44. The van der Waals surface area contributed by atoms with Crippen molar-refractivity contribution in [1.82, 2.24) is 4.98 Å². The first-order chi connectivity index (χ1) is 9.59. The van der Waals surface area contributed by atoms with E-state index in [1.54, 1.807) is 0 Å². The van der Waals surface area contributed by atoms with Gasteiger partial charge in [0, 0.05) is 15.7 Å². The fourth-order valence-corrected chi connectivity index (χ4v) is 5.15. The van der Waals surface area contributed by atoms with Gasteiger partial charge in [-0.1, -0.05) is 22.9 Å². The molecular formula is C10H8Cl2N2O4S3. The Labute approximate surface area is 135 Å². The Bertz CT molecular complexity index is 874. The molecule has 0 spiro atoms. The average Bonchev–Trinajstić information content (AvgIpc) is 2.69. The number of hydrogen-bond donors (Lipinski definition) is 1. The maximum absolute atomic E-state index is 12.1. The molecule has 114 valence electrons. The van der Waals surface area contributed by atoms with Gasteiger partial charge in [0.2, 0.25) is 0 Å². The van der Waals surface area contributed by atoms with Crippen LogP contribution < -0.4 is 4.72 Å². The highest BCUT2D eigenvalue weighted by atomic mass is 35.7. The number of rotatable bonds is 4. The van der Waals surface area contributed by atoms with Gasteiger partial charge in [-0.25, -0.2) is 21.8 Å². The van der Waals surface area contributed by atoms with Gasteiger partial charge in [0.25, 0.3) is 19.1 Å². The van der Waals surface area contributed by atoms with Crippen molar-refractivity contribution in [3.63, 3.8) is 0 Å². The molecule has 0 radical (unpaired) electrons. The van der Waals surface area contributed by atoms with E-state index < -0.39 is 19.1 Å². The molecule has 1 aromatic carbocycles. The first kappa shape index (κ1) is 16.5. The maximum Gasteiger partial charge on any atom is 0.272 e. The van der Waals surface area contributed by atoms with Crippen LogP contribution in [0.2, 0.25) is 5.02 Å². The molecular weight excluding hydrogens is 379 g/mol. The number of aromatic nitrogens is 1. The summed E-state index contributed by atoms with van der Waals surface area (Å²) in [6.45, 7) is 1.42. The van der Waals surface area contributed by atoms with E-state index in [2.05, 4.69) is 9.71 Å². The zero-order chi connectivity index (χ0) is 15.8. The number of nitrogens with zero attached hydrogens (tertiary/aromatic N) is 1. The Morgan fingerprint density at radius 1 is 1.14 bits per heavy atom. The van der Waals surface area contributed by atoms with Crippen molar-refractivity contribution in [2.75, 3.05) is 4.72 Å². The second-order valence-electron chi connectivity index (χ2n) is 3.89. The van der Waals surface area contributed by atoms with Gasteiger partial charge >= 0.3 is 0 Å². The van der Waals surface area contributed by atoms with Crippen molar-refractivity contribution in [1.29, 1.82) is 0 Å². The number of anilines is 1. The number of aryl methyl sites for hydroxylation is 1. The summed E-state index contributed by atoms with van der Waals surface area (Å²) in [5.74, 6) is 0. The normalized spacial score (nSPS) is 12.3. The zero-order valence-corrected chi connectivity index (χ0v) is 14.3. The van der Waals surface area contributed by atoms with Crippen molar-refractivity contribution >= 4 is 57.8 Å². The van der Waals surface area contributed by atoms with Gasteiger partial charge in [-0.3, -0.25) is 4.72 Å². The van der Waals surface area contributed by atoms with Gasteiger partial charge in [-0.15, -0.1) is 0 Å². The smallest absolute Gasteiger partial charge is 0.255 e. The Kier molecular flexibility index (Phi) is 4.50. The number of hydrogen-bond acceptors (Lipinski definition) is 6. The van der Waals surface area contributed by atoms with Crippen LogP contribution in [0.1, 0.15) is 5.69 Å². The maximum atomic E-state index is 12.1. The molecule has 1 heterocycles. The molecule has 11 heteroatoms. The van der Waals surface area contributed by atoms with E-state index in [0.717, 1.165) is 0 Å². The lowest BCUT2D eigenvalue weighted by Crippen LogP contribution is -2.12. The Balaban J connectivity index is 2.36. The third-order valence-electron chi connectivity index (χ3n) is 2.32. The largest absolute Gasteiger partial charge is 0.272 e. The first-order valence-corrected chi connectivity index (χ1v) is 10.3. The summed E-state index contributed by atoms with van der Waals surface area (Å²) >= 11 is 6.33. The van der Waals surface area contributed by atoms with E-state index in [1.807, 2.05) is 0 Å². The number of halogens is 2. The summed E-state index contributed by atoms with van der Waals surface area (Å²) in [7, 11) is -2.61. The van der Waals surface area contributed by atoms with Crippen molar-refractivity contribution < 1.29 is 16.8 Å². The van der Waals surface area contributed by atoms with Crippen molar-refractivity contribution in [2.45, 2.75) is 16.0 Å². The average molecular weight is 387 g/mol. The van der Waals surface area contributed by atoms with Crippen molar-refractivity contribution in [3.05, 3.63) is 35.0 Å². The lowest BCUT2D eigenvalue weighted by Gasteiger charge is -2.04. The highest BCUT2D eigenvalue weighted by Gasteiger charge is 2.22.